The lowest BCUT2D eigenvalue weighted by atomic mass is 10.1. The molecule has 0 spiro atoms. The summed E-state index contributed by atoms with van der Waals surface area (Å²) in [6, 6.07) is 11.6. The molecule has 0 aliphatic carbocycles. The van der Waals surface area contributed by atoms with Gasteiger partial charge in [0.1, 0.15) is 6.04 Å². The number of nitrogens with zero attached hydrogens (tertiary/aromatic N) is 1. The summed E-state index contributed by atoms with van der Waals surface area (Å²) in [5, 5.41) is 8.47. The van der Waals surface area contributed by atoms with Crippen LogP contribution >= 0.6 is 11.3 Å². The zero-order valence-electron chi connectivity index (χ0n) is 14.4. The van der Waals surface area contributed by atoms with Crippen molar-refractivity contribution in [2.45, 2.75) is 19.4 Å². The number of aromatic nitrogens is 1. The molecule has 2 aromatic carbocycles. The van der Waals surface area contributed by atoms with Crippen molar-refractivity contribution in [1.82, 2.24) is 10.3 Å². The molecule has 8 heteroatoms. The number of anilines is 2. The van der Waals surface area contributed by atoms with E-state index in [4.69, 9.17) is 0 Å². The molecule has 3 aromatic rings. The molecule has 1 aliphatic rings. The molecule has 1 unspecified atom stereocenters. The molecule has 27 heavy (non-hydrogen) atoms. The summed E-state index contributed by atoms with van der Waals surface area (Å²) in [6.45, 7) is 1.99. The number of thiazole rings is 1. The number of rotatable bonds is 3. The van der Waals surface area contributed by atoms with Crippen LogP contribution in [0.2, 0.25) is 0 Å². The minimum absolute atomic E-state index is 0.180. The molecule has 0 fully saturated rings. The minimum atomic E-state index is -0.957. The standard InChI is InChI=1S/C19H16N4O3S/c1-10-6-7-13-15(8-10)27-19(22-13)23-16(24)9-14-18(26)20-12-5-3-2-4-11(12)17(25)21-14/h2-8,14H,9H2,1H3,(H,20,26)(H,21,25)(H,22,23,24). The Balaban J connectivity index is 1.47. The molecule has 2 heterocycles. The highest BCUT2D eigenvalue weighted by atomic mass is 32.1. The van der Waals surface area contributed by atoms with Crippen LogP contribution in [0, 0.1) is 6.92 Å². The van der Waals surface area contributed by atoms with E-state index in [-0.39, 0.29) is 6.42 Å². The Bertz CT molecular complexity index is 1080. The lowest BCUT2D eigenvalue weighted by Gasteiger charge is -2.13. The number of hydrogen-bond acceptors (Lipinski definition) is 5. The first-order valence-electron chi connectivity index (χ1n) is 8.37. The summed E-state index contributed by atoms with van der Waals surface area (Å²) in [7, 11) is 0. The predicted molar refractivity (Wildman–Crippen MR) is 104 cm³/mol. The third kappa shape index (κ3) is 3.52. The van der Waals surface area contributed by atoms with Crippen LogP contribution in [0.1, 0.15) is 22.3 Å². The second-order valence-electron chi connectivity index (χ2n) is 6.30. The third-order valence-electron chi connectivity index (χ3n) is 4.23. The highest BCUT2D eigenvalue weighted by Gasteiger charge is 2.29. The highest BCUT2D eigenvalue weighted by molar-refractivity contribution is 7.22. The molecule has 0 saturated heterocycles. The van der Waals surface area contributed by atoms with Crippen LogP contribution in [-0.2, 0) is 9.59 Å². The van der Waals surface area contributed by atoms with Gasteiger partial charge in [-0.05, 0) is 36.8 Å². The molecule has 4 rings (SSSR count). The van der Waals surface area contributed by atoms with E-state index in [2.05, 4.69) is 20.9 Å². The number of carbonyl (C=O) groups is 3. The molecule has 0 radical (unpaired) electrons. The lowest BCUT2D eigenvalue weighted by molar-refractivity contribution is -0.122. The van der Waals surface area contributed by atoms with Gasteiger partial charge in [0.2, 0.25) is 11.8 Å². The quantitative estimate of drug-likeness (QED) is 0.650. The first-order chi connectivity index (χ1) is 13.0. The Hall–Kier alpha value is -3.26. The van der Waals surface area contributed by atoms with E-state index in [1.54, 1.807) is 24.3 Å². The van der Waals surface area contributed by atoms with Crippen molar-refractivity contribution >= 4 is 50.1 Å². The topological polar surface area (TPSA) is 100 Å². The van der Waals surface area contributed by atoms with E-state index in [9.17, 15) is 14.4 Å². The van der Waals surface area contributed by atoms with Gasteiger partial charge in [0.05, 0.1) is 27.9 Å². The van der Waals surface area contributed by atoms with E-state index in [0.29, 0.717) is 16.4 Å². The maximum absolute atomic E-state index is 12.4. The highest BCUT2D eigenvalue weighted by Crippen LogP contribution is 2.27. The molecule has 1 aromatic heterocycles. The van der Waals surface area contributed by atoms with Crippen LogP contribution in [0.5, 0.6) is 0 Å². The van der Waals surface area contributed by atoms with Crippen LogP contribution < -0.4 is 16.0 Å². The summed E-state index contributed by atoms with van der Waals surface area (Å²) < 4.78 is 0.973. The maximum atomic E-state index is 12.4. The second-order valence-corrected chi connectivity index (χ2v) is 7.33. The molecular weight excluding hydrogens is 364 g/mol. The van der Waals surface area contributed by atoms with Gasteiger partial charge in [-0.15, -0.1) is 0 Å². The van der Waals surface area contributed by atoms with Gasteiger partial charge in [-0.1, -0.05) is 29.5 Å². The molecule has 3 N–H and O–H groups in total. The van der Waals surface area contributed by atoms with Crippen molar-refractivity contribution in [3.63, 3.8) is 0 Å². The number of fused-ring (bicyclic) bond motifs is 2. The molecule has 0 saturated carbocycles. The molecule has 136 valence electrons. The van der Waals surface area contributed by atoms with Gasteiger partial charge in [-0.25, -0.2) is 4.98 Å². The smallest absolute Gasteiger partial charge is 0.254 e. The maximum Gasteiger partial charge on any atom is 0.254 e. The summed E-state index contributed by atoms with van der Waals surface area (Å²) in [6.07, 6.45) is -0.180. The first-order valence-corrected chi connectivity index (χ1v) is 9.19. The summed E-state index contributed by atoms with van der Waals surface area (Å²) >= 11 is 1.37. The number of amides is 3. The number of nitrogens with one attached hydrogen (secondary N) is 3. The van der Waals surface area contributed by atoms with Gasteiger partial charge >= 0.3 is 0 Å². The van der Waals surface area contributed by atoms with Gasteiger partial charge < -0.3 is 16.0 Å². The summed E-state index contributed by atoms with van der Waals surface area (Å²) in [5.74, 6) is -1.21. The molecule has 7 nitrogen and oxygen atoms in total. The Morgan fingerprint density at radius 2 is 2.04 bits per heavy atom. The minimum Gasteiger partial charge on any atom is -0.340 e. The number of para-hydroxylation sites is 1. The number of benzene rings is 2. The average Bonchev–Trinajstić information content (AvgIpc) is 2.97. The van der Waals surface area contributed by atoms with E-state index in [1.807, 2.05) is 25.1 Å². The van der Waals surface area contributed by atoms with Crippen LogP contribution in [-0.4, -0.2) is 28.7 Å². The summed E-state index contributed by atoms with van der Waals surface area (Å²) in [5.41, 5.74) is 2.72. The van der Waals surface area contributed by atoms with Gasteiger partial charge in [0, 0.05) is 0 Å². The lowest BCUT2D eigenvalue weighted by Crippen LogP contribution is -2.43. The van der Waals surface area contributed by atoms with Gasteiger partial charge in [0.25, 0.3) is 5.91 Å². The van der Waals surface area contributed by atoms with E-state index in [1.165, 1.54) is 11.3 Å². The fourth-order valence-electron chi connectivity index (χ4n) is 2.90. The average molecular weight is 380 g/mol. The Kier molecular flexibility index (Phi) is 4.33. The fraction of sp³-hybridized carbons (Fsp3) is 0.158. The fourth-order valence-corrected chi connectivity index (χ4v) is 3.88. The summed E-state index contributed by atoms with van der Waals surface area (Å²) in [4.78, 5) is 41.4. The molecular formula is C19H16N4O3S. The van der Waals surface area contributed by atoms with Crippen molar-refractivity contribution < 1.29 is 14.4 Å². The zero-order valence-corrected chi connectivity index (χ0v) is 15.2. The number of carbonyl (C=O) groups excluding carboxylic acids is 3. The number of aryl methyl sites for hydroxylation is 1. The monoisotopic (exact) mass is 380 g/mol. The van der Waals surface area contributed by atoms with Crippen molar-refractivity contribution in [3.8, 4) is 0 Å². The molecule has 3 amide bonds. The normalized spacial score (nSPS) is 16.3. The Labute approximate surface area is 158 Å². The van der Waals surface area contributed by atoms with Crippen LogP contribution in [0.25, 0.3) is 10.2 Å². The van der Waals surface area contributed by atoms with Crippen LogP contribution in [0.3, 0.4) is 0 Å². The second kappa shape index (κ2) is 6.81. The zero-order chi connectivity index (χ0) is 19.0. The predicted octanol–water partition coefficient (Wildman–Crippen LogP) is 2.68. The van der Waals surface area contributed by atoms with Crippen molar-refractivity contribution in [3.05, 3.63) is 53.6 Å². The Morgan fingerprint density at radius 1 is 1.22 bits per heavy atom. The van der Waals surface area contributed by atoms with Crippen LogP contribution in [0.4, 0.5) is 10.8 Å². The van der Waals surface area contributed by atoms with E-state index >= 15 is 0 Å². The van der Waals surface area contributed by atoms with Crippen molar-refractivity contribution in [2.75, 3.05) is 10.6 Å². The molecule has 0 bridgehead atoms. The van der Waals surface area contributed by atoms with Crippen molar-refractivity contribution in [2.24, 2.45) is 0 Å². The van der Waals surface area contributed by atoms with Gasteiger partial charge in [0.15, 0.2) is 5.13 Å². The van der Waals surface area contributed by atoms with Crippen molar-refractivity contribution in [1.29, 1.82) is 0 Å². The SMILES string of the molecule is Cc1ccc2nc(NC(=O)CC3NC(=O)c4ccccc4NC3=O)sc2c1. The largest absolute Gasteiger partial charge is 0.340 e. The molecule has 1 atom stereocenters. The first kappa shape index (κ1) is 17.2. The van der Waals surface area contributed by atoms with E-state index in [0.717, 1.165) is 15.8 Å². The third-order valence-corrected chi connectivity index (χ3v) is 5.16. The number of hydrogen-bond donors (Lipinski definition) is 3. The molecule has 1 aliphatic heterocycles. The van der Waals surface area contributed by atoms with Gasteiger partial charge in [-0.3, -0.25) is 14.4 Å². The Morgan fingerprint density at radius 3 is 2.89 bits per heavy atom. The van der Waals surface area contributed by atoms with Crippen LogP contribution in [0.15, 0.2) is 42.5 Å². The van der Waals surface area contributed by atoms with E-state index < -0.39 is 23.8 Å². The van der Waals surface area contributed by atoms with Gasteiger partial charge in [-0.2, -0.15) is 0 Å².